The van der Waals surface area contributed by atoms with E-state index in [0.717, 1.165) is 12.8 Å². The summed E-state index contributed by atoms with van der Waals surface area (Å²) in [4.78, 5) is 11.8. The van der Waals surface area contributed by atoms with Gasteiger partial charge in [0.05, 0.1) is 19.1 Å². The molecule has 1 heterocycles. The normalized spacial score (nSPS) is 30.6. The second-order valence-electron chi connectivity index (χ2n) is 3.66. The van der Waals surface area contributed by atoms with Crippen LogP contribution in [0.15, 0.2) is 17.3 Å². The molecule has 0 fully saturated rings. The molecule has 0 radical (unpaired) electrons. The third kappa shape index (κ3) is 1.57. The number of hydrazone groups is 1. The molecular formula is C10H14N2O2. The average molecular weight is 194 g/mol. The van der Waals surface area contributed by atoms with Crippen LogP contribution in [0, 0.1) is 11.8 Å². The first-order valence-corrected chi connectivity index (χ1v) is 4.94. The molecule has 2 unspecified atom stereocenters. The molecule has 1 N–H and O–H groups in total. The minimum Gasteiger partial charge on any atom is -0.394 e. The summed E-state index contributed by atoms with van der Waals surface area (Å²) in [6.45, 7) is 0.276. The molecule has 0 aromatic heterocycles. The number of fused-ring (bicyclic) bond motifs is 1. The number of hydrogen-bond acceptors (Lipinski definition) is 3. The Hall–Kier alpha value is -1.16. The van der Waals surface area contributed by atoms with E-state index in [4.69, 9.17) is 5.11 Å². The van der Waals surface area contributed by atoms with Gasteiger partial charge in [-0.2, -0.15) is 5.10 Å². The summed E-state index contributed by atoms with van der Waals surface area (Å²) in [7, 11) is 0. The van der Waals surface area contributed by atoms with E-state index in [9.17, 15) is 4.79 Å². The standard InChI is InChI=1S/C10H14N2O2/c13-6-5-12-10(14)9-4-2-1-3-8(9)7-11-12/h1-2,7-9,13H,3-6H2. The van der Waals surface area contributed by atoms with Crippen molar-refractivity contribution >= 4 is 12.1 Å². The maximum absolute atomic E-state index is 11.8. The molecule has 0 spiro atoms. The maximum Gasteiger partial charge on any atom is 0.246 e. The molecule has 4 nitrogen and oxygen atoms in total. The second-order valence-corrected chi connectivity index (χ2v) is 3.66. The van der Waals surface area contributed by atoms with Gasteiger partial charge < -0.3 is 5.11 Å². The lowest BCUT2D eigenvalue weighted by Gasteiger charge is -2.32. The predicted molar refractivity (Wildman–Crippen MR) is 52.6 cm³/mol. The van der Waals surface area contributed by atoms with E-state index in [1.165, 1.54) is 5.01 Å². The molecular weight excluding hydrogens is 180 g/mol. The van der Waals surface area contributed by atoms with E-state index in [0.29, 0.717) is 6.54 Å². The van der Waals surface area contributed by atoms with Gasteiger partial charge in [-0.1, -0.05) is 12.2 Å². The Morgan fingerprint density at radius 3 is 3.07 bits per heavy atom. The zero-order valence-electron chi connectivity index (χ0n) is 7.97. The number of nitrogens with zero attached hydrogens (tertiary/aromatic N) is 2. The Kier molecular flexibility index (Phi) is 2.63. The van der Waals surface area contributed by atoms with Gasteiger partial charge in [-0.05, 0) is 12.8 Å². The van der Waals surface area contributed by atoms with Crippen molar-refractivity contribution in [2.24, 2.45) is 16.9 Å². The smallest absolute Gasteiger partial charge is 0.246 e. The lowest BCUT2D eigenvalue weighted by Crippen LogP contribution is -2.42. The summed E-state index contributed by atoms with van der Waals surface area (Å²) in [5, 5.41) is 14.2. The highest BCUT2D eigenvalue weighted by Gasteiger charge is 2.34. The van der Waals surface area contributed by atoms with Crippen LogP contribution in [0.25, 0.3) is 0 Å². The van der Waals surface area contributed by atoms with Crippen molar-refractivity contribution in [1.82, 2.24) is 5.01 Å². The van der Waals surface area contributed by atoms with Crippen molar-refractivity contribution in [3.8, 4) is 0 Å². The molecule has 0 aromatic rings. The first-order chi connectivity index (χ1) is 6.83. The van der Waals surface area contributed by atoms with Crippen LogP contribution in [0.5, 0.6) is 0 Å². The van der Waals surface area contributed by atoms with Crippen molar-refractivity contribution in [3.05, 3.63) is 12.2 Å². The fourth-order valence-electron chi connectivity index (χ4n) is 1.96. The van der Waals surface area contributed by atoms with Gasteiger partial charge in [-0.25, -0.2) is 5.01 Å². The highest BCUT2D eigenvalue weighted by Crippen LogP contribution is 2.28. The maximum atomic E-state index is 11.8. The first kappa shape index (κ1) is 9.40. The Balaban J connectivity index is 2.13. The van der Waals surface area contributed by atoms with Gasteiger partial charge in [-0.15, -0.1) is 0 Å². The van der Waals surface area contributed by atoms with E-state index in [1.54, 1.807) is 0 Å². The third-order valence-corrected chi connectivity index (χ3v) is 2.76. The summed E-state index contributed by atoms with van der Waals surface area (Å²) in [6, 6.07) is 0. The van der Waals surface area contributed by atoms with Crippen LogP contribution in [-0.2, 0) is 4.79 Å². The number of aliphatic hydroxyl groups excluding tert-OH is 1. The van der Waals surface area contributed by atoms with Gasteiger partial charge in [0.1, 0.15) is 0 Å². The fourth-order valence-corrected chi connectivity index (χ4v) is 1.96. The molecule has 4 heteroatoms. The fraction of sp³-hybridized carbons (Fsp3) is 0.600. The molecule has 76 valence electrons. The van der Waals surface area contributed by atoms with E-state index in [-0.39, 0.29) is 24.3 Å². The minimum atomic E-state index is -0.0314. The minimum absolute atomic E-state index is 0.0314. The monoisotopic (exact) mass is 194 g/mol. The van der Waals surface area contributed by atoms with E-state index >= 15 is 0 Å². The molecule has 0 saturated carbocycles. The molecule has 1 aliphatic heterocycles. The highest BCUT2D eigenvalue weighted by atomic mass is 16.3. The number of hydrogen-bond donors (Lipinski definition) is 1. The third-order valence-electron chi connectivity index (χ3n) is 2.76. The van der Waals surface area contributed by atoms with Gasteiger partial charge >= 0.3 is 0 Å². The van der Waals surface area contributed by atoms with Crippen LogP contribution in [0.2, 0.25) is 0 Å². The Labute approximate surface area is 82.9 Å². The average Bonchev–Trinajstić information content (AvgIpc) is 2.23. The zero-order valence-corrected chi connectivity index (χ0v) is 7.97. The quantitative estimate of drug-likeness (QED) is 0.646. The van der Waals surface area contributed by atoms with Gasteiger partial charge in [0.25, 0.3) is 0 Å². The Bertz CT molecular complexity index is 286. The first-order valence-electron chi connectivity index (χ1n) is 4.94. The second kappa shape index (κ2) is 3.92. The summed E-state index contributed by atoms with van der Waals surface area (Å²) in [5.41, 5.74) is 0. The summed E-state index contributed by atoms with van der Waals surface area (Å²) in [6.07, 6.45) is 7.70. The molecule has 0 aromatic carbocycles. The van der Waals surface area contributed by atoms with Gasteiger partial charge in [-0.3, -0.25) is 4.79 Å². The van der Waals surface area contributed by atoms with E-state index in [1.807, 2.05) is 6.21 Å². The zero-order chi connectivity index (χ0) is 9.97. The molecule has 14 heavy (non-hydrogen) atoms. The van der Waals surface area contributed by atoms with E-state index in [2.05, 4.69) is 17.3 Å². The van der Waals surface area contributed by atoms with Crippen molar-refractivity contribution in [2.45, 2.75) is 12.8 Å². The number of carbonyl (C=O) groups excluding carboxylic acids is 1. The van der Waals surface area contributed by atoms with Gasteiger partial charge in [0.2, 0.25) is 5.91 Å². The van der Waals surface area contributed by atoms with Gasteiger partial charge in [0, 0.05) is 12.1 Å². The molecule has 2 aliphatic rings. The van der Waals surface area contributed by atoms with Crippen LogP contribution in [0.4, 0.5) is 0 Å². The van der Waals surface area contributed by atoms with Crippen LogP contribution in [0.1, 0.15) is 12.8 Å². The largest absolute Gasteiger partial charge is 0.394 e. The summed E-state index contributed by atoms with van der Waals surface area (Å²) < 4.78 is 0. The van der Waals surface area contributed by atoms with Crippen molar-refractivity contribution in [1.29, 1.82) is 0 Å². The molecule has 0 saturated heterocycles. The number of amides is 1. The van der Waals surface area contributed by atoms with Gasteiger partial charge in [0.15, 0.2) is 0 Å². The highest BCUT2D eigenvalue weighted by molar-refractivity contribution is 5.86. The van der Waals surface area contributed by atoms with Crippen LogP contribution >= 0.6 is 0 Å². The topological polar surface area (TPSA) is 52.9 Å². The molecule has 1 amide bonds. The Morgan fingerprint density at radius 1 is 1.50 bits per heavy atom. The molecule has 1 aliphatic carbocycles. The Morgan fingerprint density at radius 2 is 2.29 bits per heavy atom. The lowest BCUT2D eigenvalue weighted by molar-refractivity contribution is -0.138. The van der Waals surface area contributed by atoms with Crippen molar-refractivity contribution in [2.75, 3.05) is 13.2 Å². The number of carbonyl (C=O) groups is 1. The number of allylic oxidation sites excluding steroid dienone is 2. The summed E-state index contributed by atoms with van der Waals surface area (Å²) >= 11 is 0. The molecule has 2 rings (SSSR count). The SMILES string of the molecule is O=C1C2CC=CCC2C=NN1CCO. The molecule has 0 bridgehead atoms. The number of rotatable bonds is 2. The van der Waals surface area contributed by atoms with Crippen LogP contribution in [0.3, 0.4) is 0 Å². The number of aliphatic hydroxyl groups is 1. The number of β-amino-alcohol motifs (C(OH)–C–C–N with tert-alkyl or cyclic N) is 1. The van der Waals surface area contributed by atoms with Crippen LogP contribution < -0.4 is 0 Å². The predicted octanol–water partition coefficient (Wildman–Crippen LogP) is 0.389. The van der Waals surface area contributed by atoms with Crippen molar-refractivity contribution < 1.29 is 9.90 Å². The van der Waals surface area contributed by atoms with E-state index < -0.39 is 0 Å². The summed E-state index contributed by atoms with van der Waals surface area (Å²) in [5.74, 6) is 0.363. The van der Waals surface area contributed by atoms with Crippen molar-refractivity contribution in [3.63, 3.8) is 0 Å². The van der Waals surface area contributed by atoms with Crippen LogP contribution in [-0.4, -0.2) is 35.4 Å². The lowest BCUT2D eigenvalue weighted by atomic mass is 9.82. The molecule has 2 atom stereocenters.